The summed E-state index contributed by atoms with van der Waals surface area (Å²) < 4.78 is -0.0241. The molecule has 0 saturated carbocycles. The maximum atomic E-state index is 10.9. The molecule has 0 aliphatic heterocycles. The van der Waals surface area contributed by atoms with E-state index in [9.17, 15) is 9.59 Å². The molecule has 3 nitrogen and oxygen atoms in total. The first kappa shape index (κ1) is 13.2. The first-order chi connectivity index (χ1) is 6.20. The molecular formula is C10H17NO2S. The van der Waals surface area contributed by atoms with Crippen LogP contribution in [0.25, 0.3) is 0 Å². The highest BCUT2D eigenvalue weighted by atomic mass is 32.2. The average molecular weight is 215 g/mol. The molecule has 0 aliphatic carbocycles. The molecule has 0 atom stereocenters. The molecule has 0 aromatic heterocycles. The van der Waals surface area contributed by atoms with Gasteiger partial charge in [0.05, 0.1) is 5.03 Å². The van der Waals surface area contributed by atoms with Crippen LogP contribution >= 0.6 is 11.8 Å². The number of carbonyl (C=O) groups excluding carboxylic acids is 2. The van der Waals surface area contributed by atoms with Crippen molar-refractivity contribution in [3.05, 3.63) is 11.1 Å². The number of carbonyl (C=O) groups is 2. The number of amides is 1. The van der Waals surface area contributed by atoms with Gasteiger partial charge >= 0.3 is 0 Å². The maximum absolute atomic E-state index is 10.9. The molecule has 0 heterocycles. The summed E-state index contributed by atoms with van der Waals surface area (Å²) in [4.78, 5) is 21.7. The molecule has 0 aromatic carbocycles. The number of allylic oxidation sites excluding steroid dienone is 1. The molecule has 0 rings (SSSR count). The van der Waals surface area contributed by atoms with Gasteiger partial charge in [0.25, 0.3) is 0 Å². The van der Waals surface area contributed by atoms with Gasteiger partial charge in [-0.3, -0.25) is 9.59 Å². The summed E-state index contributed by atoms with van der Waals surface area (Å²) in [6.45, 7) is 8.95. The Morgan fingerprint density at radius 2 is 1.71 bits per heavy atom. The van der Waals surface area contributed by atoms with Crippen LogP contribution in [0.3, 0.4) is 0 Å². The average Bonchev–Trinajstić information content (AvgIpc) is 1.77. The van der Waals surface area contributed by atoms with Crippen LogP contribution in [-0.4, -0.2) is 16.4 Å². The Labute approximate surface area is 89.3 Å². The zero-order valence-corrected chi connectivity index (χ0v) is 10.1. The molecule has 0 spiro atoms. The molecule has 0 aromatic rings. The van der Waals surface area contributed by atoms with E-state index in [1.807, 2.05) is 20.8 Å². The van der Waals surface area contributed by atoms with Crippen LogP contribution in [0.5, 0.6) is 0 Å². The summed E-state index contributed by atoms with van der Waals surface area (Å²) in [7, 11) is 0. The highest BCUT2D eigenvalue weighted by Crippen LogP contribution is 2.29. The van der Waals surface area contributed by atoms with E-state index in [1.165, 1.54) is 31.7 Å². The Balaban J connectivity index is 4.57. The fourth-order valence-electron chi connectivity index (χ4n) is 0.779. The zero-order chi connectivity index (χ0) is 11.4. The monoisotopic (exact) mass is 215 g/mol. The molecular weight excluding hydrogens is 198 g/mol. The second-order valence-corrected chi connectivity index (χ2v) is 5.88. The minimum Gasteiger partial charge on any atom is -0.321 e. The van der Waals surface area contributed by atoms with Crippen LogP contribution in [0.15, 0.2) is 11.1 Å². The number of rotatable bonds is 3. The molecule has 0 aliphatic rings. The maximum Gasteiger partial charge on any atom is 0.221 e. The van der Waals surface area contributed by atoms with Gasteiger partial charge < -0.3 is 5.32 Å². The summed E-state index contributed by atoms with van der Waals surface area (Å²) >= 11 is 1.47. The van der Waals surface area contributed by atoms with Gasteiger partial charge in [-0.05, 0) is 6.92 Å². The van der Waals surface area contributed by atoms with Crippen molar-refractivity contribution in [1.29, 1.82) is 0 Å². The Hall–Kier alpha value is -0.770. The third kappa shape index (κ3) is 7.86. The quantitative estimate of drug-likeness (QED) is 0.733. The minimum absolute atomic E-state index is 0.0241. The Morgan fingerprint density at radius 1 is 1.21 bits per heavy atom. The van der Waals surface area contributed by atoms with E-state index >= 15 is 0 Å². The van der Waals surface area contributed by atoms with E-state index in [0.29, 0.717) is 5.03 Å². The normalized spacial score (nSPS) is 12.5. The molecule has 0 unspecified atom stereocenters. The minimum atomic E-state index is -0.158. The molecule has 80 valence electrons. The van der Waals surface area contributed by atoms with Crippen LogP contribution < -0.4 is 5.32 Å². The van der Waals surface area contributed by atoms with E-state index in [0.717, 1.165) is 0 Å². The van der Waals surface area contributed by atoms with Crippen molar-refractivity contribution in [3.8, 4) is 0 Å². The third-order valence-electron chi connectivity index (χ3n) is 1.05. The van der Waals surface area contributed by atoms with E-state index in [1.54, 1.807) is 0 Å². The van der Waals surface area contributed by atoms with Crippen molar-refractivity contribution in [2.45, 2.75) is 39.4 Å². The van der Waals surface area contributed by atoms with Crippen LogP contribution in [0.1, 0.15) is 34.6 Å². The lowest BCUT2D eigenvalue weighted by molar-refractivity contribution is -0.118. The SMILES string of the molecule is CC(=O)/C=C(\NC(C)=O)SC(C)(C)C. The summed E-state index contributed by atoms with van der Waals surface area (Å²) in [6.07, 6.45) is 1.44. The van der Waals surface area contributed by atoms with Crippen LogP contribution in [0, 0.1) is 0 Å². The number of ketones is 1. The number of nitrogens with one attached hydrogen (secondary N) is 1. The Bertz CT molecular complexity index is 264. The lowest BCUT2D eigenvalue weighted by Crippen LogP contribution is -2.21. The van der Waals surface area contributed by atoms with Gasteiger partial charge in [0.15, 0.2) is 5.78 Å². The number of hydrogen-bond donors (Lipinski definition) is 1. The highest BCUT2D eigenvalue weighted by molar-refractivity contribution is 8.04. The van der Waals surface area contributed by atoms with Crippen molar-refractivity contribution in [1.82, 2.24) is 5.32 Å². The van der Waals surface area contributed by atoms with Crippen molar-refractivity contribution in [2.24, 2.45) is 0 Å². The van der Waals surface area contributed by atoms with Crippen molar-refractivity contribution < 1.29 is 9.59 Å². The molecule has 14 heavy (non-hydrogen) atoms. The lowest BCUT2D eigenvalue weighted by atomic mass is 10.3. The van der Waals surface area contributed by atoms with Gasteiger partial charge in [-0.25, -0.2) is 0 Å². The summed E-state index contributed by atoms with van der Waals surface area (Å²) in [5.41, 5.74) is 0. The molecule has 0 saturated heterocycles. The van der Waals surface area contributed by atoms with E-state index in [-0.39, 0.29) is 16.4 Å². The van der Waals surface area contributed by atoms with E-state index in [4.69, 9.17) is 0 Å². The molecule has 1 N–H and O–H groups in total. The molecule has 4 heteroatoms. The predicted octanol–water partition coefficient (Wildman–Crippen LogP) is 2.08. The Morgan fingerprint density at radius 3 is 2.00 bits per heavy atom. The lowest BCUT2D eigenvalue weighted by Gasteiger charge is -2.19. The van der Waals surface area contributed by atoms with E-state index in [2.05, 4.69) is 5.32 Å². The molecule has 0 radical (unpaired) electrons. The van der Waals surface area contributed by atoms with Gasteiger partial charge in [0, 0.05) is 17.7 Å². The van der Waals surface area contributed by atoms with Crippen LogP contribution in [-0.2, 0) is 9.59 Å². The van der Waals surface area contributed by atoms with Crippen LogP contribution in [0.2, 0.25) is 0 Å². The van der Waals surface area contributed by atoms with Gasteiger partial charge in [-0.1, -0.05) is 20.8 Å². The largest absolute Gasteiger partial charge is 0.321 e. The fraction of sp³-hybridized carbons (Fsp3) is 0.600. The van der Waals surface area contributed by atoms with E-state index < -0.39 is 0 Å². The second kappa shape index (κ2) is 5.20. The van der Waals surface area contributed by atoms with Gasteiger partial charge in [0.1, 0.15) is 0 Å². The zero-order valence-electron chi connectivity index (χ0n) is 9.30. The fourth-order valence-corrected chi connectivity index (χ4v) is 1.86. The van der Waals surface area contributed by atoms with Crippen molar-refractivity contribution >= 4 is 23.5 Å². The van der Waals surface area contributed by atoms with Gasteiger partial charge in [0.2, 0.25) is 5.91 Å². The van der Waals surface area contributed by atoms with Gasteiger partial charge in [-0.15, -0.1) is 11.8 Å². The molecule has 1 amide bonds. The third-order valence-corrected chi connectivity index (χ3v) is 2.10. The first-order valence-electron chi connectivity index (χ1n) is 4.39. The Kier molecular flexibility index (Phi) is 4.91. The number of thioether (sulfide) groups is 1. The van der Waals surface area contributed by atoms with Crippen LogP contribution in [0.4, 0.5) is 0 Å². The standard InChI is InChI=1S/C10H17NO2S/c1-7(12)6-9(11-8(2)13)14-10(3,4)5/h6H,1-5H3,(H,11,13)/b9-6+. The molecule has 0 bridgehead atoms. The van der Waals surface area contributed by atoms with Crippen molar-refractivity contribution in [2.75, 3.05) is 0 Å². The summed E-state index contributed by atoms with van der Waals surface area (Å²) in [5.74, 6) is -0.222. The predicted molar refractivity (Wildman–Crippen MR) is 59.9 cm³/mol. The highest BCUT2D eigenvalue weighted by Gasteiger charge is 2.15. The smallest absolute Gasteiger partial charge is 0.221 e. The summed E-state index contributed by atoms with van der Waals surface area (Å²) in [5, 5.41) is 3.24. The first-order valence-corrected chi connectivity index (χ1v) is 5.21. The number of hydrogen-bond acceptors (Lipinski definition) is 3. The molecule has 0 fully saturated rings. The van der Waals surface area contributed by atoms with Gasteiger partial charge in [-0.2, -0.15) is 0 Å². The van der Waals surface area contributed by atoms with Crippen molar-refractivity contribution in [3.63, 3.8) is 0 Å². The summed E-state index contributed by atoms with van der Waals surface area (Å²) in [6, 6.07) is 0. The topological polar surface area (TPSA) is 46.2 Å². The second-order valence-electron chi connectivity index (χ2n) is 4.01.